The van der Waals surface area contributed by atoms with Gasteiger partial charge in [0.05, 0.1) is 12.6 Å². The van der Waals surface area contributed by atoms with Gasteiger partial charge in [-0.05, 0) is 56.5 Å². The summed E-state index contributed by atoms with van der Waals surface area (Å²) in [6.07, 6.45) is 3.28. The van der Waals surface area contributed by atoms with Crippen LogP contribution in [0.4, 0.5) is 10.1 Å². The fraction of sp³-hybridized carbons (Fsp3) is 0.625. The van der Waals surface area contributed by atoms with E-state index in [2.05, 4.69) is 17.1 Å². The first-order valence-electron chi connectivity index (χ1n) is 7.57. The smallest absolute Gasteiger partial charge is 0.123 e. The van der Waals surface area contributed by atoms with Crippen molar-refractivity contribution >= 4 is 5.69 Å². The van der Waals surface area contributed by atoms with E-state index in [0.29, 0.717) is 0 Å². The Labute approximate surface area is 120 Å². The van der Waals surface area contributed by atoms with Crippen molar-refractivity contribution < 1.29 is 9.50 Å². The molecule has 20 heavy (non-hydrogen) atoms. The quantitative estimate of drug-likeness (QED) is 0.870. The van der Waals surface area contributed by atoms with Crippen molar-refractivity contribution in [2.45, 2.75) is 45.2 Å². The maximum Gasteiger partial charge on any atom is 0.123 e. The molecule has 2 N–H and O–H groups in total. The third-order valence-corrected chi connectivity index (χ3v) is 4.11. The van der Waals surface area contributed by atoms with E-state index in [0.717, 1.165) is 43.6 Å². The summed E-state index contributed by atoms with van der Waals surface area (Å²) in [6.45, 7) is 6.04. The molecule has 1 heterocycles. The lowest BCUT2D eigenvalue weighted by molar-refractivity contribution is 0.240. The molecule has 1 aromatic rings. The average Bonchev–Trinajstić information content (AvgIpc) is 2.47. The fourth-order valence-electron chi connectivity index (χ4n) is 3.06. The summed E-state index contributed by atoms with van der Waals surface area (Å²) in [5, 5.41) is 12.9. The van der Waals surface area contributed by atoms with E-state index >= 15 is 0 Å². The second kappa shape index (κ2) is 7.04. The van der Waals surface area contributed by atoms with Crippen molar-refractivity contribution in [2.24, 2.45) is 0 Å². The highest BCUT2D eigenvalue weighted by Gasteiger charge is 2.25. The lowest BCUT2D eigenvalue weighted by atomic mass is 9.98. The highest BCUT2D eigenvalue weighted by atomic mass is 19.1. The minimum Gasteiger partial charge on any atom is -0.394 e. The molecule has 1 saturated heterocycles. The zero-order chi connectivity index (χ0) is 14.5. The molecule has 2 unspecified atom stereocenters. The van der Waals surface area contributed by atoms with Crippen LogP contribution in [0.5, 0.6) is 0 Å². The van der Waals surface area contributed by atoms with E-state index in [1.54, 1.807) is 6.07 Å². The van der Waals surface area contributed by atoms with E-state index in [4.69, 9.17) is 0 Å². The molecule has 1 aliphatic heterocycles. The van der Waals surface area contributed by atoms with Crippen LogP contribution >= 0.6 is 0 Å². The summed E-state index contributed by atoms with van der Waals surface area (Å²) < 4.78 is 13.6. The van der Waals surface area contributed by atoms with Crippen molar-refractivity contribution in [3.05, 3.63) is 29.6 Å². The standard InChI is InChI=1S/C16H25FN2O/c1-3-18-12(2)15-10-13(17)7-8-16(15)19-9-5-4-6-14(19)11-20/h7-8,10,12,14,18,20H,3-6,9,11H2,1-2H3. The number of anilines is 1. The van der Waals surface area contributed by atoms with E-state index in [9.17, 15) is 9.50 Å². The summed E-state index contributed by atoms with van der Waals surface area (Å²) in [6, 6.07) is 5.24. The van der Waals surface area contributed by atoms with Crippen LogP contribution in [0.1, 0.15) is 44.7 Å². The van der Waals surface area contributed by atoms with Crippen LogP contribution in [0.3, 0.4) is 0 Å². The molecule has 0 bridgehead atoms. The lowest BCUT2D eigenvalue weighted by Gasteiger charge is -2.38. The van der Waals surface area contributed by atoms with E-state index in [-0.39, 0.29) is 24.5 Å². The van der Waals surface area contributed by atoms with E-state index < -0.39 is 0 Å². The molecule has 1 fully saturated rings. The van der Waals surface area contributed by atoms with Crippen LogP contribution in [-0.4, -0.2) is 30.8 Å². The molecule has 0 amide bonds. The van der Waals surface area contributed by atoms with Crippen LogP contribution < -0.4 is 10.2 Å². The molecule has 3 nitrogen and oxygen atoms in total. The Balaban J connectivity index is 2.33. The van der Waals surface area contributed by atoms with Gasteiger partial charge in [0.1, 0.15) is 5.82 Å². The number of benzene rings is 1. The number of rotatable bonds is 5. The molecule has 4 heteroatoms. The van der Waals surface area contributed by atoms with Crippen molar-refractivity contribution in [3.8, 4) is 0 Å². The third kappa shape index (κ3) is 3.30. The number of hydrogen-bond donors (Lipinski definition) is 2. The molecule has 1 aromatic carbocycles. The van der Waals surface area contributed by atoms with Gasteiger partial charge in [0.2, 0.25) is 0 Å². The van der Waals surface area contributed by atoms with Crippen molar-refractivity contribution in [2.75, 3.05) is 24.6 Å². The molecule has 2 atom stereocenters. The Morgan fingerprint density at radius 3 is 2.95 bits per heavy atom. The van der Waals surface area contributed by atoms with Gasteiger partial charge < -0.3 is 15.3 Å². The second-order valence-corrected chi connectivity index (χ2v) is 5.51. The lowest BCUT2D eigenvalue weighted by Crippen LogP contribution is -2.42. The Morgan fingerprint density at radius 2 is 2.25 bits per heavy atom. The Bertz CT molecular complexity index is 438. The summed E-state index contributed by atoms with van der Waals surface area (Å²) in [7, 11) is 0. The molecule has 0 saturated carbocycles. The van der Waals surface area contributed by atoms with E-state index in [1.165, 1.54) is 6.07 Å². The fourth-order valence-corrected chi connectivity index (χ4v) is 3.06. The monoisotopic (exact) mass is 280 g/mol. The normalized spacial score (nSPS) is 21.0. The summed E-state index contributed by atoms with van der Waals surface area (Å²) in [5.74, 6) is -0.203. The van der Waals surface area contributed by atoms with Gasteiger partial charge in [-0.15, -0.1) is 0 Å². The van der Waals surface area contributed by atoms with Crippen LogP contribution in [0.25, 0.3) is 0 Å². The first-order chi connectivity index (χ1) is 9.67. The molecule has 1 aliphatic rings. The van der Waals surface area contributed by atoms with Crippen molar-refractivity contribution in [3.63, 3.8) is 0 Å². The molecule has 2 rings (SSSR count). The summed E-state index contributed by atoms with van der Waals surface area (Å²) >= 11 is 0. The van der Waals surface area contributed by atoms with Gasteiger partial charge in [-0.1, -0.05) is 6.92 Å². The van der Waals surface area contributed by atoms with Gasteiger partial charge in [0.15, 0.2) is 0 Å². The van der Waals surface area contributed by atoms with Crippen LogP contribution in [0.15, 0.2) is 18.2 Å². The highest BCUT2D eigenvalue weighted by molar-refractivity contribution is 5.56. The van der Waals surface area contributed by atoms with Crippen molar-refractivity contribution in [1.82, 2.24) is 5.32 Å². The van der Waals surface area contributed by atoms with Gasteiger partial charge in [0, 0.05) is 18.3 Å². The maximum atomic E-state index is 13.6. The van der Waals surface area contributed by atoms with Crippen molar-refractivity contribution in [1.29, 1.82) is 0 Å². The van der Waals surface area contributed by atoms with Gasteiger partial charge in [-0.3, -0.25) is 0 Å². The first kappa shape index (κ1) is 15.3. The number of piperidine rings is 1. The number of aliphatic hydroxyl groups is 1. The number of nitrogens with one attached hydrogen (secondary N) is 1. The Kier molecular flexibility index (Phi) is 5.38. The predicted octanol–water partition coefficient (Wildman–Crippen LogP) is 2.85. The molecule has 0 aliphatic carbocycles. The molecule has 0 spiro atoms. The van der Waals surface area contributed by atoms with Crippen LogP contribution in [-0.2, 0) is 0 Å². The van der Waals surface area contributed by atoms with Gasteiger partial charge in [0.25, 0.3) is 0 Å². The van der Waals surface area contributed by atoms with Gasteiger partial charge in [-0.25, -0.2) is 4.39 Å². The number of nitrogens with zero attached hydrogens (tertiary/aromatic N) is 1. The molecule has 112 valence electrons. The number of aliphatic hydroxyl groups excluding tert-OH is 1. The first-order valence-corrected chi connectivity index (χ1v) is 7.57. The number of hydrogen-bond acceptors (Lipinski definition) is 3. The third-order valence-electron chi connectivity index (χ3n) is 4.11. The molecular weight excluding hydrogens is 255 g/mol. The minimum absolute atomic E-state index is 0.104. The van der Waals surface area contributed by atoms with Crippen LogP contribution in [0.2, 0.25) is 0 Å². The highest BCUT2D eigenvalue weighted by Crippen LogP contribution is 2.32. The Morgan fingerprint density at radius 1 is 1.45 bits per heavy atom. The molecular formula is C16H25FN2O. The average molecular weight is 280 g/mol. The van der Waals surface area contributed by atoms with E-state index in [1.807, 2.05) is 13.0 Å². The largest absolute Gasteiger partial charge is 0.394 e. The van der Waals surface area contributed by atoms with Crippen LogP contribution in [0, 0.1) is 5.82 Å². The van der Waals surface area contributed by atoms with Gasteiger partial charge in [-0.2, -0.15) is 0 Å². The maximum absolute atomic E-state index is 13.6. The Hall–Kier alpha value is -1.13. The number of halogens is 1. The second-order valence-electron chi connectivity index (χ2n) is 5.51. The zero-order valence-electron chi connectivity index (χ0n) is 12.4. The predicted molar refractivity (Wildman–Crippen MR) is 80.6 cm³/mol. The molecule has 0 aromatic heterocycles. The molecule has 0 radical (unpaired) electrons. The minimum atomic E-state index is -0.203. The SMILES string of the molecule is CCNC(C)c1cc(F)ccc1N1CCCCC1CO. The zero-order valence-corrected chi connectivity index (χ0v) is 12.4. The summed E-state index contributed by atoms with van der Waals surface area (Å²) in [5.41, 5.74) is 2.03. The van der Waals surface area contributed by atoms with Gasteiger partial charge >= 0.3 is 0 Å². The summed E-state index contributed by atoms with van der Waals surface area (Å²) in [4.78, 5) is 2.24. The topological polar surface area (TPSA) is 35.5 Å².